The SMILES string of the molecule is [CH]12[CH]3[CH]4[CH]5[CH]1[Fe]23451678[CH]2[CH]1[CH]6[CH]7[CH]28.c1ccc2[nH]cnc2c1. The van der Waals surface area contributed by atoms with Gasteiger partial charge in [-0.3, -0.25) is 0 Å². The molecule has 0 aliphatic carbocycles. The third-order valence-corrected chi connectivity index (χ3v) is 57.8. The first kappa shape index (κ1) is 7.47. The van der Waals surface area contributed by atoms with E-state index in [-0.39, 0.29) is 0 Å². The number of hydrogen-bond donors (Lipinski definition) is 1. The molecule has 11 heterocycles. The summed E-state index contributed by atoms with van der Waals surface area (Å²) in [5.41, 5.74) is 2.12. The Kier molecular flexibility index (Phi) is 0.265. The summed E-state index contributed by atoms with van der Waals surface area (Å²) in [5, 5.41) is 0. The third kappa shape index (κ3) is 0.0967. The monoisotopic (exact) mass is 304 g/mol. The predicted octanol–water partition coefficient (Wildman–Crippen LogP) is 4.94. The maximum Gasteiger partial charge on any atom is 0.0931 e. The Hall–Kier alpha value is -0.791. The second-order valence-corrected chi connectivity index (χ2v) is 35.4. The van der Waals surface area contributed by atoms with E-state index in [0.717, 1.165) is 11.0 Å². The Morgan fingerprint density at radius 1 is 0.750 bits per heavy atom. The second kappa shape index (κ2) is 0.709. The van der Waals surface area contributed by atoms with Crippen molar-refractivity contribution in [3.05, 3.63) is 30.6 Å². The van der Waals surface area contributed by atoms with Crippen LogP contribution in [-0.2, 0) is 6.51 Å². The van der Waals surface area contributed by atoms with E-state index in [1.807, 2.05) is 24.3 Å². The number of benzene rings is 1. The number of nitrogens with zero attached hydrogens (tertiary/aromatic N) is 1. The van der Waals surface area contributed by atoms with Crippen LogP contribution in [0.3, 0.4) is 0 Å². The molecule has 0 radical (unpaired) electrons. The van der Waals surface area contributed by atoms with Gasteiger partial charge in [0.15, 0.2) is 0 Å². The minimum Gasteiger partial charge on any atom is -0.345 e. The normalized spacial score (nSPS) is 98.6. The van der Waals surface area contributed by atoms with Crippen molar-refractivity contribution in [1.29, 1.82) is 0 Å². The minimum absolute atomic E-state index is 1.03. The molecule has 10 fully saturated rings. The number of aromatic amines is 1. The fraction of sp³-hybridized carbons (Fsp3) is 0.588. The fourth-order valence-corrected chi connectivity index (χ4v) is 88.9. The van der Waals surface area contributed by atoms with Crippen LogP contribution in [0.5, 0.6) is 0 Å². The van der Waals surface area contributed by atoms with Crippen LogP contribution in [0.15, 0.2) is 30.6 Å². The van der Waals surface area contributed by atoms with Gasteiger partial charge in [-0.25, -0.2) is 4.98 Å². The summed E-state index contributed by atoms with van der Waals surface area (Å²) in [4.78, 5) is 23.0. The summed E-state index contributed by atoms with van der Waals surface area (Å²) in [6.07, 6.45) is 1.70. The van der Waals surface area contributed by atoms with Gasteiger partial charge in [0.05, 0.1) is 17.4 Å². The van der Waals surface area contributed by atoms with Crippen molar-refractivity contribution in [3.8, 4) is 0 Å². The van der Waals surface area contributed by atoms with Gasteiger partial charge in [0, 0.05) is 0 Å². The van der Waals surface area contributed by atoms with Gasteiger partial charge in [-0.1, -0.05) is 12.1 Å². The van der Waals surface area contributed by atoms with Crippen molar-refractivity contribution in [3.63, 3.8) is 0 Å². The minimum atomic E-state index is -2.28. The Morgan fingerprint density at radius 2 is 1.25 bits per heavy atom. The van der Waals surface area contributed by atoms with Gasteiger partial charge < -0.3 is 4.98 Å². The van der Waals surface area contributed by atoms with Gasteiger partial charge in [-0.05, 0) is 12.1 Å². The number of para-hydroxylation sites is 2. The van der Waals surface area contributed by atoms with E-state index in [1.165, 1.54) is 0 Å². The average Bonchev–Trinajstić information content (AvgIpc) is 3.42. The molecule has 3 heteroatoms. The summed E-state index contributed by atoms with van der Waals surface area (Å²) >= 11 is 0. The first-order chi connectivity index (χ1) is 9.63. The maximum absolute atomic E-state index is 4.06. The van der Waals surface area contributed by atoms with Gasteiger partial charge in [0.1, 0.15) is 0 Å². The molecule has 0 saturated carbocycles. The molecule has 2 nitrogen and oxygen atoms in total. The van der Waals surface area contributed by atoms with E-state index in [0.29, 0.717) is 0 Å². The predicted molar refractivity (Wildman–Crippen MR) is 73.6 cm³/mol. The van der Waals surface area contributed by atoms with Crippen molar-refractivity contribution in [2.24, 2.45) is 0 Å². The van der Waals surface area contributed by atoms with Crippen molar-refractivity contribution >= 4 is 11.0 Å². The summed E-state index contributed by atoms with van der Waals surface area (Å²) in [6, 6.07) is 7.94. The Labute approximate surface area is 106 Å². The quantitative estimate of drug-likeness (QED) is 0.686. The van der Waals surface area contributed by atoms with Crippen LogP contribution in [0.2, 0.25) is 48.2 Å². The van der Waals surface area contributed by atoms with Crippen LogP contribution in [0.4, 0.5) is 0 Å². The van der Waals surface area contributed by atoms with E-state index in [4.69, 9.17) is 0 Å². The summed E-state index contributed by atoms with van der Waals surface area (Å²) in [5.74, 6) is 0. The largest absolute Gasteiger partial charge is 0.345 e. The molecule has 10 aliphatic heterocycles. The molecule has 102 valence electrons. The topological polar surface area (TPSA) is 28.7 Å². The van der Waals surface area contributed by atoms with Crippen LogP contribution in [0.25, 0.3) is 11.0 Å². The molecule has 1 aromatic heterocycles. The van der Waals surface area contributed by atoms with Crippen LogP contribution in [-0.4, -0.2) is 9.97 Å². The third-order valence-electron chi connectivity index (χ3n) is 15.9. The molecule has 2 aromatic rings. The standard InChI is InChI=1S/C7H6N2.2C5H5.Fe/c1-2-4-7-6(3-1)8-5-9-7;2*1-2-4-5-3-1;/h1-5H,(H,8,9);2*1-5H;. The average molecular weight is 304 g/mol. The van der Waals surface area contributed by atoms with E-state index >= 15 is 0 Å². The van der Waals surface area contributed by atoms with Crippen molar-refractivity contribution in [2.45, 2.75) is 48.2 Å². The molecule has 0 bridgehead atoms. The Bertz CT molecular complexity index is 1050. The van der Waals surface area contributed by atoms with Gasteiger partial charge >= 0.3 is 54.7 Å². The molecule has 0 amide bonds. The summed E-state index contributed by atoms with van der Waals surface area (Å²) in [6.45, 7) is -2.28. The molecular formula is C17H16FeN2. The zero-order valence-electron chi connectivity index (χ0n) is 11.0. The molecule has 10 aliphatic rings. The summed E-state index contributed by atoms with van der Waals surface area (Å²) in [7, 11) is 0. The van der Waals surface area contributed by atoms with Crippen molar-refractivity contribution in [1.82, 2.24) is 9.97 Å². The molecule has 20 heavy (non-hydrogen) atoms. The number of fused-ring (bicyclic) bond motifs is 11. The smallest absolute Gasteiger partial charge is 0.0931 e. The number of rotatable bonds is 0. The molecule has 0 unspecified atom stereocenters. The van der Waals surface area contributed by atoms with Crippen molar-refractivity contribution in [2.75, 3.05) is 0 Å². The molecule has 1 spiro atoms. The molecule has 12 rings (SSSR count). The molecule has 10 saturated heterocycles. The van der Waals surface area contributed by atoms with Crippen LogP contribution < -0.4 is 0 Å². The summed E-state index contributed by atoms with van der Waals surface area (Å²) < 4.78 is 0. The molecule has 1 aromatic carbocycles. The number of hydrogen-bond acceptors (Lipinski definition) is 1. The van der Waals surface area contributed by atoms with E-state index < -0.39 is 6.51 Å². The second-order valence-electron chi connectivity index (χ2n) is 11.5. The van der Waals surface area contributed by atoms with Gasteiger partial charge in [0.2, 0.25) is 0 Å². The van der Waals surface area contributed by atoms with Crippen LogP contribution in [0.1, 0.15) is 0 Å². The molecule has 1 N–H and O–H groups in total. The Morgan fingerprint density at radius 3 is 1.65 bits per heavy atom. The molecular weight excluding hydrogens is 288 g/mol. The zero-order chi connectivity index (χ0) is 12.2. The number of nitrogens with one attached hydrogen (secondary N) is 1. The Balaban J connectivity index is 0.0000000783. The number of imidazole rings is 1. The van der Waals surface area contributed by atoms with Crippen LogP contribution >= 0.6 is 0 Å². The zero-order valence-corrected chi connectivity index (χ0v) is 12.1. The van der Waals surface area contributed by atoms with Crippen molar-refractivity contribution < 1.29 is 6.51 Å². The first-order valence-electron chi connectivity index (χ1n) is 8.22. The fourth-order valence-electron chi connectivity index (χ4n) is 16.7. The van der Waals surface area contributed by atoms with E-state index in [2.05, 4.69) is 9.97 Å². The van der Waals surface area contributed by atoms with Gasteiger partial charge in [-0.15, -0.1) is 0 Å². The number of aromatic nitrogens is 2. The first-order valence-corrected chi connectivity index (χ1v) is 14.6. The maximum atomic E-state index is 4.06. The van der Waals surface area contributed by atoms with E-state index in [1.54, 1.807) is 54.5 Å². The number of H-pyrrole nitrogens is 1. The van der Waals surface area contributed by atoms with Crippen LogP contribution in [0, 0.1) is 0 Å². The van der Waals surface area contributed by atoms with Gasteiger partial charge in [0.25, 0.3) is 0 Å². The molecule has 0 atom stereocenters. The van der Waals surface area contributed by atoms with E-state index in [9.17, 15) is 0 Å². The van der Waals surface area contributed by atoms with Gasteiger partial charge in [-0.2, -0.15) is 0 Å².